The number of benzene rings is 1. The fourth-order valence-corrected chi connectivity index (χ4v) is 2.74. The Bertz CT molecular complexity index is 757. The van der Waals surface area contributed by atoms with Gasteiger partial charge in [0.15, 0.2) is 5.79 Å². The number of nitrogens with one attached hydrogen (secondary N) is 1. The van der Waals surface area contributed by atoms with Crippen LogP contribution >= 0.6 is 0 Å². The molecule has 0 atom stereocenters. The second-order valence-corrected chi connectivity index (χ2v) is 5.78. The van der Waals surface area contributed by atoms with Crippen LogP contribution in [0.1, 0.15) is 23.6 Å². The first-order chi connectivity index (χ1) is 11.5. The van der Waals surface area contributed by atoms with Crippen LogP contribution in [0.4, 0.5) is 11.5 Å². The first kappa shape index (κ1) is 16.4. The maximum absolute atomic E-state index is 11.2. The number of anilines is 1. The number of rotatable bonds is 5. The summed E-state index contributed by atoms with van der Waals surface area (Å²) in [7, 11) is 0. The van der Waals surface area contributed by atoms with Crippen molar-refractivity contribution in [1.29, 1.82) is 0 Å². The van der Waals surface area contributed by atoms with Crippen molar-refractivity contribution in [3.8, 4) is 0 Å². The molecule has 1 aliphatic heterocycles. The van der Waals surface area contributed by atoms with E-state index in [9.17, 15) is 10.1 Å². The van der Waals surface area contributed by atoms with Crippen molar-refractivity contribution in [1.82, 2.24) is 4.98 Å². The van der Waals surface area contributed by atoms with E-state index in [1.165, 1.54) is 0 Å². The number of aromatic nitrogens is 1. The lowest BCUT2D eigenvalue weighted by Gasteiger charge is -2.23. The zero-order valence-electron chi connectivity index (χ0n) is 13.6. The van der Waals surface area contributed by atoms with E-state index in [0.29, 0.717) is 25.3 Å². The maximum Gasteiger partial charge on any atom is 0.314 e. The molecular formula is C17H19N3O4. The molecule has 2 heterocycles. The molecule has 1 saturated heterocycles. The molecule has 0 aliphatic carbocycles. The highest BCUT2D eigenvalue weighted by Gasteiger charge is 2.33. The van der Waals surface area contributed by atoms with E-state index >= 15 is 0 Å². The van der Waals surface area contributed by atoms with Crippen molar-refractivity contribution in [2.75, 3.05) is 18.5 Å². The predicted molar refractivity (Wildman–Crippen MR) is 88.7 cm³/mol. The number of hydrogen-bond acceptors (Lipinski definition) is 6. The van der Waals surface area contributed by atoms with Crippen molar-refractivity contribution >= 4 is 11.5 Å². The number of aryl methyl sites for hydroxylation is 1. The van der Waals surface area contributed by atoms with Gasteiger partial charge >= 0.3 is 5.69 Å². The Kier molecular flexibility index (Phi) is 4.46. The summed E-state index contributed by atoms with van der Waals surface area (Å²) in [5.41, 5.74) is 2.46. The third kappa shape index (κ3) is 3.22. The van der Waals surface area contributed by atoms with Gasteiger partial charge in [-0.05, 0) is 31.5 Å². The molecule has 3 rings (SSSR count). The zero-order chi connectivity index (χ0) is 17.2. The van der Waals surface area contributed by atoms with Gasteiger partial charge in [-0.15, -0.1) is 0 Å². The summed E-state index contributed by atoms with van der Waals surface area (Å²) in [6.45, 7) is 5.14. The van der Waals surface area contributed by atoms with Crippen molar-refractivity contribution in [3.05, 3.63) is 63.3 Å². The van der Waals surface area contributed by atoms with Gasteiger partial charge in [-0.2, -0.15) is 0 Å². The molecule has 1 N–H and O–H groups in total. The van der Waals surface area contributed by atoms with Crippen molar-refractivity contribution in [2.24, 2.45) is 0 Å². The lowest BCUT2D eigenvalue weighted by Crippen LogP contribution is -2.22. The first-order valence-corrected chi connectivity index (χ1v) is 7.71. The molecule has 0 spiro atoms. The number of pyridine rings is 1. The molecule has 2 aromatic rings. The summed E-state index contributed by atoms with van der Waals surface area (Å²) in [6.07, 6.45) is 1.56. The summed E-state index contributed by atoms with van der Waals surface area (Å²) in [4.78, 5) is 14.9. The van der Waals surface area contributed by atoms with Gasteiger partial charge in [0.1, 0.15) is 0 Å². The Morgan fingerprint density at radius 1 is 1.33 bits per heavy atom. The molecule has 0 radical (unpaired) electrons. The molecular weight excluding hydrogens is 310 g/mol. The van der Waals surface area contributed by atoms with Crippen LogP contribution in [-0.4, -0.2) is 23.1 Å². The van der Waals surface area contributed by atoms with E-state index in [-0.39, 0.29) is 11.5 Å². The third-order valence-electron chi connectivity index (χ3n) is 4.06. The molecule has 1 aliphatic rings. The van der Waals surface area contributed by atoms with Crippen LogP contribution in [0.25, 0.3) is 0 Å². The van der Waals surface area contributed by atoms with E-state index in [0.717, 1.165) is 11.1 Å². The molecule has 0 amide bonds. The van der Waals surface area contributed by atoms with Gasteiger partial charge in [0, 0.05) is 23.9 Å². The average Bonchev–Trinajstić information content (AvgIpc) is 3.01. The highest BCUT2D eigenvalue weighted by molar-refractivity contribution is 5.59. The van der Waals surface area contributed by atoms with E-state index in [2.05, 4.69) is 10.3 Å². The molecule has 1 aromatic heterocycles. The number of nitrogens with zero attached hydrogens (tertiary/aromatic N) is 2. The Labute approximate surface area is 139 Å². The third-order valence-corrected chi connectivity index (χ3v) is 4.06. The largest absolute Gasteiger partial charge is 0.360 e. The number of hydrogen-bond donors (Lipinski definition) is 1. The normalized spacial score (nSPS) is 16.1. The summed E-state index contributed by atoms with van der Waals surface area (Å²) >= 11 is 0. The molecule has 1 aromatic carbocycles. The van der Waals surface area contributed by atoms with Gasteiger partial charge < -0.3 is 14.8 Å². The topological polar surface area (TPSA) is 86.5 Å². The van der Waals surface area contributed by atoms with Crippen molar-refractivity contribution in [2.45, 2.75) is 26.2 Å². The molecule has 7 heteroatoms. The quantitative estimate of drug-likeness (QED) is 0.670. The van der Waals surface area contributed by atoms with E-state index in [1.807, 2.05) is 31.2 Å². The minimum absolute atomic E-state index is 0.00285. The fourth-order valence-electron chi connectivity index (χ4n) is 2.74. The van der Waals surface area contributed by atoms with E-state index in [1.54, 1.807) is 19.2 Å². The molecule has 7 nitrogen and oxygen atoms in total. The van der Waals surface area contributed by atoms with Gasteiger partial charge in [0.25, 0.3) is 0 Å². The highest BCUT2D eigenvalue weighted by atomic mass is 16.7. The molecule has 0 saturated carbocycles. The second kappa shape index (κ2) is 6.54. The van der Waals surface area contributed by atoms with Gasteiger partial charge in [0.05, 0.1) is 18.1 Å². The average molecular weight is 329 g/mol. The molecule has 0 bridgehead atoms. The second-order valence-electron chi connectivity index (χ2n) is 5.78. The van der Waals surface area contributed by atoms with Crippen LogP contribution in [0, 0.1) is 17.0 Å². The standard InChI is InChI=1S/C17H19N3O4/c1-12-6-7-18-16(15(12)20(21)22)19-11-13-4-3-5-14(10-13)17(2)23-8-9-24-17/h3-7,10H,8-9,11H2,1-2H3,(H,18,19). The monoisotopic (exact) mass is 329 g/mol. The van der Waals surface area contributed by atoms with Crippen LogP contribution in [0.15, 0.2) is 36.5 Å². The van der Waals surface area contributed by atoms with Gasteiger partial charge in [-0.3, -0.25) is 10.1 Å². The van der Waals surface area contributed by atoms with Crippen LogP contribution in [0.2, 0.25) is 0 Å². The minimum Gasteiger partial charge on any atom is -0.360 e. The van der Waals surface area contributed by atoms with Crippen LogP contribution in [-0.2, 0) is 21.8 Å². The van der Waals surface area contributed by atoms with Crippen LogP contribution < -0.4 is 5.32 Å². The Hall–Kier alpha value is -2.51. The molecule has 126 valence electrons. The van der Waals surface area contributed by atoms with Crippen LogP contribution in [0.3, 0.4) is 0 Å². The van der Waals surface area contributed by atoms with Gasteiger partial charge in [0.2, 0.25) is 5.82 Å². The summed E-state index contributed by atoms with van der Waals surface area (Å²) in [5, 5.41) is 14.3. The maximum atomic E-state index is 11.2. The summed E-state index contributed by atoms with van der Waals surface area (Å²) in [6, 6.07) is 9.40. The number of ether oxygens (including phenoxy) is 2. The predicted octanol–water partition coefficient (Wildman–Crippen LogP) is 3.13. The SMILES string of the molecule is Cc1ccnc(NCc2cccc(C3(C)OCCO3)c2)c1[N+](=O)[O-]. The zero-order valence-corrected chi connectivity index (χ0v) is 13.6. The highest BCUT2D eigenvalue weighted by Crippen LogP contribution is 2.31. The lowest BCUT2D eigenvalue weighted by atomic mass is 10.0. The summed E-state index contributed by atoms with van der Waals surface area (Å²) < 4.78 is 11.3. The minimum atomic E-state index is -0.733. The fraction of sp³-hybridized carbons (Fsp3) is 0.353. The Morgan fingerprint density at radius 3 is 2.79 bits per heavy atom. The molecule has 1 fully saturated rings. The van der Waals surface area contributed by atoms with Crippen molar-refractivity contribution < 1.29 is 14.4 Å². The first-order valence-electron chi connectivity index (χ1n) is 7.71. The van der Waals surface area contributed by atoms with E-state index in [4.69, 9.17) is 9.47 Å². The van der Waals surface area contributed by atoms with Crippen LogP contribution in [0.5, 0.6) is 0 Å². The smallest absolute Gasteiger partial charge is 0.314 e. The number of nitro groups is 1. The van der Waals surface area contributed by atoms with Gasteiger partial charge in [-0.25, -0.2) is 4.98 Å². The molecule has 24 heavy (non-hydrogen) atoms. The molecule has 0 unspecified atom stereocenters. The Morgan fingerprint density at radius 2 is 2.08 bits per heavy atom. The summed E-state index contributed by atoms with van der Waals surface area (Å²) in [5.74, 6) is -0.464. The lowest BCUT2D eigenvalue weighted by molar-refractivity contribution is -0.384. The van der Waals surface area contributed by atoms with Crippen molar-refractivity contribution in [3.63, 3.8) is 0 Å². The van der Waals surface area contributed by atoms with Gasteiger partial charge in [-0.1, -0.05) is 18.2 Å². The Balaban J connectivity index is 1.79. The van der Waals surface area contributed by atoms with E-state index < -0.39 is 10.7 Å².